The lowest BCUT2D eigenvalue weighted by Crippen LogP contribution is -2.38. The number of carbonyl (C=O) groups excluding carboxylic acids is 1. The van der Waals surface area contributed by atoms with Gasteiger partial charge >= 0.3 is 6.18 Å². The minimum atomic E-state index is -4.47. The topological polar surface area (TPSA) is 92.6 Å². The van der Waals surface area contributed by atoms with E-state index in [-0.39, 0.29) is 25.4 Å². The molecule has 1 aliphatic heterocycles. The quantitative estimate of drug-likeness (QED) is 0.895. The van der Waals surface area contributed by atoms with Crippen LogP contribution >= 0.6 is 0 Å². The van der Waals surface area contributed by atoms with Gasteiger partial charge in [-0.1, -0.05) is 5.21 Å². The molecule has 0 atom stereocenters. The van der Waals surface area contributed by atoms with Gasteiger partial charge in [-0.2, -0.15) is 23.5 Å². The predicted octanol–water partition coefficient (Wildman–Crippen LogP) is 0.780. The van der Waals surface area contributed by atoms with E-state index in [0.29, 0.717) is 30.9 Å². The molecule has 1 N–H and O–H groups in total. The smallest absolute Gasteiger partial charge is 0.335 e. The molecular formula is C12H14F3N7O. The number of aromatic nitrogens is 6. The first-order valence-electron chi connectivity index (χ1n) is 7.07. The molecule has 3 rings (SSSR count). The Labute approximate surface area is 128 Å². The van der Waals surface area contributed by atoms with E-state index in [9.17, 15) is 18.0 Å². The molecule has 0 fully saturated rings. The number of aryl methyl sites for hydroxylation is 1. The zero-order valence-corrected chi connectivity index (χ0v) is 12.0. The van der Waals surface area contributed by atoms with Crippen LogP contribution in [-0.4, -0.2) is 47.8 Å². The van der Waals surface area contributed by atoms with Crippen LogP contribution in [0.3, 0.4) is 0 Å². The Morgan fingerprint density at radius 3 is 2.87 bits per heavy atom. The maximum Gasteiger partial charge on any atom is 0.435 e. The van der Waals surface area contributed by atoms with E-state index < -0.39 is 11.9 Å². The fourth-order valence-corrected chi connectivity index (χ4v) is 2.46. The second kappa shape index (κ2) is 5.97. The minimum Gasteiger partial charge on any atom is -0.335 e. The number of carbonyl (C=O) groups is 1. The van der Waals surface area contributed by atoms with Crippen LogP contribution in [0.15, 0.2) is 6.07 Å². The number of nitrogens with one attached hydrogen (secondary N) is 1. The normalized spacial score (nSPS) is 14.8. The molecular weight excluding hydrogens is 315 g/mol. The van der Waals surface area contributed by atoms with Crippen LogP contribution in [-0.2, 0) is 30.5 Å². The average Bonchev–Trinajstić information content (AvgIpc) is 3.14. The summed E-state index contributed by atoms with van der Waals surface area (Å²) >= 11 is 0. The summed E-state index contributed by atoms with van der Waals surface area (Å²) in [5, 5.41) is 16.9. The number of fused-ring (bicyclic) bond motifs is 1. The van der Waals surface area contributed by atoms with Gasteiger partial charge in [0.2, 0.25) is 5.91 Å². The molecule has 3 heterocycles. The van der Waals surface area contributed by atoms with E-state index in [4.69, 9.17) is 0 Å². The molecule has 2 aromatic heterocycles. The van der Waals surface area contributed by atoms with Gasteiger partial charge in [0.25, 0.3) is 0 Å². The summed E-state index contributed by atoms with van der Waals surface area (Å²) in [7, 11) is 0. The molecule has 0 bridgehead atoms. The molecule has 0 spiro atoms. The number of amides is 1. The molecule has 1 aliphatic rings. The third-order valence-corrected chi connectivity index (χ3v) is 3.62. The number of hydrogen-bond acceptors (Lipinski definition) is 5. The van der Waals surface area contributed by atoms with Gasteiger partial charge < -0.3 is 4.90 Å². The molecule has 11 heteroatoms. The monoisotopic (exact) mass is 329 g/mol. The van der Waals surface area contributed by atoms with Crippen LogP contribution in [0, 0.1) is 0 Å². The third kappa shape index (κ3) is 3.48. The molecule has 0 saturated heterocycles. The molecule has 0 radical (unpaired) electrons. The number of nitrogens with zero attached hydrogens (tertiary/aromatic N) is 6. The Morgan fingerprint density at radius 2 is 2.17 bits per heavy atom. The predicted molar refractivity (Wildman–Crippen MR) is 69.8 cm³/mol. The summed E-state index contributed by atoms with van der Waals surface area (Å²) < 4.78 is 39.3. The number of tetrazole rings is 1. The number of rotatable bonds is 4. The van der Waals surface area contributed by atoms with Crippen molar-refractivity contribution in [2.45, 2.75) is 38.5 Å². The van der Waals surface area contributed by atoms with Crippen molar-refractivity contribution < 1.29 is 18.0 Å². The van der Waals surface area contributed by atoms with Crippen LogP contribution in [0.2, 0.25) is 0 Å². The lowest BCUT2D eigenvalue weighted by atomic mass is 10.2. The first-order chi connectivity index (χ1) is 10.9. The minimum absolute atomic E-state index is 0.102. The maximum atomic E-state index is 12.7. The van der Waals surface area contributed by atoms with Crippen molar-refractivity contribution in [1.29, 1.82) is 0 Å². The van der Waals surface area contributed by atoms with Crippen LogP contribution < -0.4 is 0 Å². The standard InChI is InChI=1S/C12H14F3N7O/c13-12(14,15)9-6-8-7-21(4-5-22(8)18-9)11(23)3-1-2-10-16-19-20-17-10/h6H,1-5,7H2,(H,16,17,19,20). The van der Waals surface area contributed by atoms with E-state index in [1.165, 1.54) is 4.68 Å². The SMILES string of the molecule is O=C(CCCc1nn[nH]n1)N1CCn2nc(C(F)(F)F)cc2C1. The Balaban J connectivity index is 1.56. The van der Waals surface area contributed by atoms with Crippen molar-refractivity contribution in [2.75, 3.05) is 6.54 Å². The van der Waals surface area contributed by atoms with Gasteiger partial charge in [-0.15, -0.1) is 10.2 Å². The van der Waals surface area contributed by atoms with E-state index in [2.05, 4.69) is 25.7 Å². The summed E-state index contributed by atoms with van der Waals surface area (Å²) in [6, 6.07) is 0.999. The Bertz CT molecular complexity index is 679. The van der Waals surface area contributed by atoms with Crippen molar-refractivity contribution in [2.24, 2.45) is 0 Å². The molecule has 0 aliphatic carbocycles. The number of halogens is 3. The van der Waals surface area contributed by atoms with Gasteiger partial charge in [-0.3, -0.25) is 9.48 Å². The molecule has 0 saturated carbocycles. The Morgan fingerprint density at radius 1 is 1.35 bits per heavy atom. The van der Waals surface area contributed by atoms with Crippen LogP contribution in [0.1, 0.15) is 30.1 Å². The lowest BCUT2D eigenvalue weighted by Gasteiger charge is -2.27. The van der Waals surface area contributed by atoms with Crippen molar-refractivity contribution in [1.82, 2.24) is 35.3 Å². The Kier molecular flexibility index (Phi) is 4.01. The largest absolute Gasteiger partial charge is 0.435 e. The van der Waals surface area contributed by atoms with E-state index in [1.54, 1.807) is 4.90 Å². The maximum absolute atomic E-state index is 12.7. The lowest BCUT2D eigenvalue weighted by molar-refractivity contribution is -0.141. The molecule has 2 aromatic rings. The number of hydrogen-bond donors (Lipinski definition) is 1. The summed E-state index contributed by atoms with van der Waals surface area (Å²) in [6.07, 6.45) is -3.10. The summed E-state index contributed by atoms with van der Waals surface area (Å²) in [6.45, 7) is 0.763. The van der Waals surface area contributed by atoms with Crippen molar-refractivity contribution >= 4 is 5.91 Å². The molecule has 0 aromatic carbocycles. The summed E-state index contributed by atoms with van der Waals surface area (Å²) in [5.74, 6) is 0.429. The number of alkyl halides is 3. The highest BCUT2D eigenvalue weighted by atomic mass is 19.4. The highest BCUT2D eigenvalue weighted by molar-refractivity contribution is 5.76. The highest BCUT2D eigenvalue weighted by Crippen LogP contribution is 2.29. The summed E-state index contributed by atoms with van der Waals surface area (Å²) in [4.78, 5) is 13.7. The highest BCUT2D eigenvalue weighted by Gasteiger charge is 2.36. The van der Waals surface area contributed by atoms with Crippen molar-refractivity contribution in [3.8, 4) is 0 Å². The zero-order valence-electron chi connectivity index (χ0n) is 12.0. The van der Waals surface area contributed by atoms with Crippen LogP contribution in [0.5, 0.6) is 0 Å². The first-order valence-corrected chi connectivity index (χ1v) is 7.07. The van der Waals surface area contributed by atoms with E-state index >= 15 is 0 Å². The molecule has 1 amide bonds. The Hall–Kier alpha value is -2.46. The van der Waals surface area contributed by atoms with Gasteiger partial charge in [0.05, 0.1) is 18.8 Å². The fraction of sp³-hybridized carbons (Fsp3) is 0.583. The second-order valence-corrected chi connectivity index (χ2v) is 5.24. The molecule has 124 valence electrons. The van der Waals surface area contributed by atoms with Gasteiger partial charge in [-0.05, 0) is 12.5 Å². The van der Waals surface area contributed by atoms with Crippen molar-refractivity contribution in [3.05, 3.63) is 23.3 Å². The number of aromatic amines is 1. The number of H-pyrrole nitrogens is 1. The van der Waals surface area contributed by atoms with Crippen LogP contribution in [0.4, 0.5) is 13.2 Å². The zero-order chi connectivity index (χ0) is 16.4. The average molecular weight is 329 g/mol. The van der Waals surface area contributed by atoms with Gasteiger partial charge in [-0.25, -0.2) is 0 Å². The van der Waals surface area contributed by atoms with E-state index in [1.807, 2.05) is 0 Å². The molecule has 8 nitrogen and oxygen atoms in total. The summed E-state index contributed by atoms with van der Waals surface area (Å²) in [5.41, 5.74) is -0.519. The molecule has 0 unspecified atom stereocenters. The second-order valence-electron chi connectivity index (χ2n) is 5.24. The first kappa shape index (κ1) is 15.4. The molecule has 23 heavy (non-hydrogen) atoms. The van der Waals surface area contributed by atoms with Gasteiger partial charge in [0.15, 0.2) is 11.5 Å². The van der Waals surface area contributed by atoms with Crippen molar-refractivity contribution in [3.63, 3.8) is 0 Å². The van der Waals surface area contributed by atoms with Gasteiger partial charge in [0.1, 0.15) is 0 Å². The fourth-order valence-electron chi connectivity index (χ4n) is 2.46. The van der Waals surface area contributed by atoms with Gasteiger partial charge in [0, 0.05) is 19.4 Å². The van der Waals surface area contributed by atoms with Crippen LogP contribution in [0.25, 0.3) is 0 Å². The van der Waals surface area contributed by atoms with E-state index in [0.717, 1.165) is 6.07 Å². The third-order valence-electron chi connectivity index (χ3n) is 3.62.